The number of benzene rings is 3. The Morgan fingerprint density at radius 3 is 2.14 bits per heavy atom. The first-order valence-electron chi connectivity index (χ1n) is 11.3. The van der Waals surface area contributed by atoms with Crippen LogP contribution in [-0.2, 0) is 17.3 Å². The van der Waals surface area contributed by atoms with Gasteiger partial charge in [-0.2, -0.15) is 8.78 Å². The number of fused-ring (bicyclic) bond motifs is 1. The van der Waals surface area contributed by atoms with Gasteiger partial charge in [0.15, 0.2) is 29.1 Å². The maximum atomic E-state index is 14.7. The van der Waals surface area contributed by atoms with Crippen LogP contribution in [0.1, 0.15) is 61.6 Å². The second kappa shape index (κ2) is 9.76. The van der Waals surface area contributed by atoms with Crippen molar-refractivity contribution in [1.29, 1.82) is 0 Å². The zero-order valence-electron chi connectivity index (χ0n) is 18.7. The molecule has 0 radical (unpaired) electrons. The molecule has 1 aliphatic carbocycles. The summed E-state index contributed by atoms with van der Waals surface area (Å²) < 4.78 is 118. The fraction of sp³-hybridized carbons (Fsp3) is 0.385. The first-order valence-corrected chi connectivity index (χ1v) is 11.3. The summed E-state index contributed by atoms with van der Waals surface area (Å²) in [6.07, 6.45) is -3.49. The highest BCUT2D eigenvalue weighted by molar-refractivity contribution is 5.84. The molecule has 4 rings (SSSR count). The van der Waals surface area contributed by atoms with Crippen LogP contribution in [-0.4, -0.2) is 6.10 Å². The molecule has 0 heterocycles. The lowest BCUT2D eigenvalue weighted by Crippen LogP contribution is -2.30. The van der Waals surface area contributed by atoms with Gasteiger partial charge in [0.25, 0.3) is 0 Å². The summed E-state index contributed by atoms with van der Waals surface area (Å²) in [5.74, 6) is -9.16. The van der Waals surface area contributed by atoms with Crippen LogP contribution < -0.4 is 0 Å². The molecule has 35 heavy (non-hydrogen) atoms. The summed E-state index contributed by atoms with van der Waals surface area (Å²) in [5, 5.41) is -0.811. The maximum Gasteiger partial charge on any atom is 0.386 e. The average Bonchev–Trinajstić information content (AvgIpc) is 2.80. The molecule has 0 N–H and O–H groups in total. The first-order chi connectivity index (χ1) is 16.5. The standard InChI is InChI=1S/C26H22F8O/c1-2-3-14-6-9-18(23(30)22(14)29)26(33,34)35-17-7-4-13(5-8-17)15-10-16-12-20(28)24(31)25(32)21(16)19(27)11-15/h6,9-13,17H,2-5,7-8H2,1H3. The van der Waals surface area contributed by atoms with Gasteiger partial charge in [-0.25, -0.2) is 26.3 Å². The van der Waals surface area contributed by atoms with Crippen LogP contribution in [0.15, 0.2) is 30.3 Å². The number of ether oxygens (including phenoxy) is 1. The molecule has 0 unspecified atom stereocenters. The van der Waals surface area contributed by atoms with Crippen molar-refractivity contribution >= 4 is 10.8 Å². The smallest absolute Gasteiger partial charge is 0.313 e. The Balaban J connectivity index is 1.48. The normalized spacial score (nSPS) is 18.9. The molecule has 0 atom stereocenters. The molecule has 1 saturated carbocycles. The van der Waals surface area contributed by atoms with E-state index in [-0.39, 0.29) is 49.0 Å². The van der Waals surface area contributed by atoms with Crippen molar-refractivity contribution in [2.24, 2.45) is 0 Å². The molecule has 9 heteroatoms. The second-order valence-corrected chi connectivity index (χ2v) is 8.85. The van der Waals surface area contributed by atoms with Gasteiger partial charge in [0.1, 0.15) is 5.82 Å². The van der Waals surface area contributed by atoms with Gasteiger partial charge in [0.05, 0.1) is 17.1 Å². The van der Waals surface area contributed by atoms with Crippen LogP contribution in [0.3, 0.4) is 0 Å². The summed E-state index contributed by atoms with van der Waals surface area (Å²) in [6, 6.07) is 5.03. The number of aryl methyl sites for hydroxylation is 1. The van der Waals surface area contributed by atoms with Gasteiger partial charge in [-0.1, -0.05) is 25.5 Å². The molecule has 0 saturated heterocycles. The number of hydrogen-bond acceptors (Lipinski definition) is 1. The van der Waals surface area contributed by atoms with Crippen LogP contribution >= 0.6 is 0 Å². The lowest BCUT2D eigenvalue weighted by atomic mass is 9.82. The lowest BCUT2D eigenvalue weighted by Gasteiger charge is -2.31. The van der Waals surface area contributed by atoms with E-state index in [4.69, 9.17) is 4.74 Å². The zero-order chi connectivity index (χ0) is 25.5. The van der Waals surface area contributed by atoms with E-state index in [2.05, 4.69) is 0 Å². The van der Waals surface area contributed by atoms with Crippen molar-refractivity contribution in [3.05, 3.63) is 81.9 Å². The summed E-state index contributed by atoms with van der Waals surface area (Å²) in [5.41, 5.74) is -0.773. The van der Waals surface area contributed by atoms with Crippen LogP contribution in [0.2, 0.25) is 0 Å². The Morgan fingerprint density at radius 2 is 1.49 bits per heavy atom. The fourth-order valence-corrected chi connectivity index (χ4v) is 4.71. The first kappa shape index (κ1) is 25.4. The Labute approximate surface area is 196 Å². The van der Waals surface area contributed by atoms with Gasteiger partial charge in [-0.3, -0.25) is 0 Å². The highest BCUT2D eigenvalue weighted by Crippen LogP contribution is 2.41. The van der Waals surface area contributed by atoms with Crippen molar-refractivity contribution in [1.82, 2.24) is 0 Å². The minimum absolute atomic E-state index is 0.00942. The second-order valence-electron chi connectivity index (χ2n) is 8.85. The van der Waals surface area contributed by atoms with Gasteiger partial charge in [0, 0.05) is 0 Å². The van der Waals surface area contributed by atoms with Gasteiger partial charge in [0.2, 0.25) is 0 Å². The molecule has 0 aromatic heterocycles. The van der Waals surface area contributed by atoms with Crippen LogP contribution in [0.5, 0.6) is 0 Å². The molecule has 3 aromatic carbocycles. The third kappa shape index (κ3) is 4.87. The molecular formula is C26H22F8O. The van der Waals surface area contributed by atoms with Crippen molar-refractivity contribution in [2.75, 3.05) is 0 Å². The molecule has 0 amide bonds. The molecule has 0 aliphatic heterocycles. The minimum atomic E-state index is -4.05. The Kier molecular flexibility index (Phi) is 7.09. The summed E-state index contributed by atoms with van der Waals surface area (Å²) in [4.78, 5) is 0. The van der Waals surface area contributed by atoms with Gasteiger partial charge < -0.3 is 4.74 Å². The summed E-state index contributed by atoms with van der Waals surface area (Å²) in [7, 11) is 0. The van der Waals surface area contributed by atoms with Crippen molar-refractivity contribution in [3.8, 4) is 0 Å². The molecule has 1 nitrogen and oxygen atoms in total. The van der Waals surface area contributed by atoms with Crippen LogP contribution in [0.25, 0.3) is 10.8 Å². The van der Waals surface area contributed by atoms with E-state index in [1.165, 1.54) is 6.07 Å². The number of alkyl halides is 2. The number of halogens is 8. The van der Waals surface area contributed by atoms with Crippen LogP contribution in [0.4, 0.5) is 35.1 Å². The molecule has 3 aromatic rings. The van der Waals surface area contributed by atoms with E-state index in [1.807, 2.05) is 0 Å². The predicted molar refractivity (Wildman–Crippen MR) is 114 cm³/mol. The highest BCUT2D eigenvalue weighted by atomic mass is 19.3. The lowest BCUT2D eigenvalue weighted by molar-refractivity contribution is -0.278. The predicted octanol–water partition coefficient (Wildman–Crippen LogP) is 8.42. The van der Waals surface area contributed by atoms with Crippen LogP contribution in [0, 0.1) is 34.9 Å². The summed E-state index contributed by atoms with van der Waals surface area (Å²) in [6.45, 7) is 1.75. The Hall–Kier alpha value is -2.68. The zero-order valence-corrected chi connectivity index (χ0v) is 18.7. The largest absolute Gasteiger partial charge is 0.386 e. The van der Waals surface area contributed by atoms with E-state index >= 15 is 0 Å². The van der Waals surface area contributed by atoms with E-state index in [1.54, 1.807) is 6.92 Å². The topological polar surface area (TPSA) is 9.23 Å². The van der Waals surface area contributed by atoms with Gasteiger partial charge >= 0.3 is 6.11 Å². The molecule has 188 valence electrons. The monoisotopic (exact) mass is 502 g/mol. The van der Waals surface area contributed by atoms with E-state index in [0.29, 0.717) is 18.1 Å². The average molecular weight is 502 g/mol. The van der Waals surface area contributed by atoms with Crippen molar-refractivity contribution in [2.45, 2.75) is 63.6 Å². The molecule has 1 aliphatic rings. The Bertz CT molecular complexity index is 1250. The quantitative estimate of drug-likeness (QED) is 0.243. The molecule has 0 spiro atoms. The van der Waals surface area contributed by atoms with E-state index < -0.39 is 58.1 Å². The maximum absolute atomic E-state index is 14.7. The molecule has 0 bridgehead atoms. The number of rotatable bonds is 6. The third-order valence-electron chi connectivity index (χ3n) is 6.50. The van der Waals surface area contributed by atoms with Gasteiger partial charge in [-0.15, -0.1) is 0 Å². The van der Waals surface area contributed by atoms with E-state index in [0.717, 1.165) is 18.2 Å². The SMILES string of the molecule is CCCc1ccc(C(F)(F)OC2CCC(c3cc(F)c4c(F)c(F)c(F)cc4c3)CC2)c(F)c1F. The fourth-order valence-electron chi connectivity index (χ4n) is 4.71. The molecule has 1 fully saturated rings. The number of hydrogen-bond donors (Lipinski definition) is 0. The van der Waals surface area contributed by atoms with Gasteiger partial charge in [-0.05, 0) is 72.7 Å². The summed E-state index contributed by atoms with van der Waals surface area (Å²) >= 11 is 0. The Morgan fingerprint density at radius 1 is 0.800 bits per heavy atom. The third-order valence-corrected chi connectivity index (χ3v) is 6.50. The van der Waals surface area contributed by atoms with Crippen molar-refractivity contribution < 1.29 is 39.9 Å². The highest BCUT2D eigenvalue weighted by Gasteiger charge is 2.41. The van der Waals surface area contributed by atoms with Crippen molar-refractivity contribution in [3.63, 3.8) is 0 Å². The van der Waals surface area contributed by atoms with E-state index in [9.17, 15) is 35.1 Å². The minimum Gasteiger partial charge on any atom is -0.313 e. The molecular weight excluding hydrogens is 480 g/mol.